The first-order chi connectivity index (χ1) is 14.3. The molecular formula is C21H22N4O4S. The van der Waals surface area contributed by atoms with Gasteiger partial charge in [-0.15, -0.1) is 0 Å². The van der Waals surface area contributed by atoms with Gasteiger partial charge in [-0.3, -0.25) is 9.35 Å². The molecule has 2 aromatic carbocycles. The van der Waals surface area contributed by atoms with Gasteiger partial charge >= 0.3 is 0 Å². The van der Waals surface area contributed by atoms with Gasteiger partial charge in [-0.2, -0.15) is 13.7 Å². The Labute approximate surface area is 175 Å². The largest absolute Gasteiger partial charge is 0.373 e. The molecule has 0 unspecified atom stereocenters. The highest BCUT2D eigenvalue weighted by Gasteiger charge is 2.18. The summed E-state index contributed by atoms with van der Waals surface area (Å²) in [6.07, 6.45) is 1.52. The van der Waals surface area contributed by atoms with Crippen LogP contribution in [0.1, 0.15) is 5.56 Å². The Kier molecular flexibility index (Phi) is 6.40. The van der Waals surface area contributed by atoms with Crippen molar-refractivity contribution in [3.05, 3.63) is 65.9 Å². The number of nitrogens with zero attached hydrogens (tertiary/aromatic N) is 3. The van der Waals surface area contributed by atoms with Crippen LogP contribution in [0.25, 0.3) is 0 Å². The van der Waals surface area contributed by atoms with E-state index >= 15 is 0 Å². The number of piperazine rings is 1. The second-order valence-corrected chi connectivity index (χ2v) is 8.40. The minimum Gasteiger partial charge on any atom is -0.373 e. The first-order valence-corrected chi connectivity index (χ1v) is 10.8. The molecule has 156 valence electrons. The van der Waals surface area contributed by atoms with Gasteiger partial charge in [-0.05, 0) is 42.8 Å². The molecule has 0 radical (unpaired) electrons. The first kappa shape index (κ1) is 21.4. The van der Waals surface area contributed by atoms with Crippen LogP contribution in [0.3, 0.4) is 0 Å². The van der Waals surface area contributed by atoms with Gasteiger partial charge in [-0.1, -0.05) is 18.2 Å². The quantitative estimate of drug-likeness (QED) is 0.429. The maximum absolute atomic E-state index is 12.5. The molecule has 8 nitrogen and oxygen atoms in total. The fourth-order valence-corrected chi connectivity index (χ4v) is 3.71. The van der Waals surface area contributed by atoms with Gasteiger partial charge in [-0.25, -0.2) is 0 Å². The van der Waals surface area contributed by atoms with E-state index in [1.165, 1.54) is 30.0 Å². The highest BCUT2D eigenvalue weighted by molar-refractivity contribution is 7.85. The Morgan fingerprint density at radius 1 is 1.13 bits per heavy atom. The molecule has 1 heterocycles. The smallest absolute Gasteiger partial charge is 0.294 e. The number of aryl methyl sites for hydroxylation is 1. The van der Waals surface area contributed by atoms with Crippen molar-refractivity contribution < 1.29 is 17.8 Å². The van der Waals surface area contributed by atoms with Gasteiger partial charge in [0.2, 0.25) is 0 Å². The fraction of sp³-hybridized carbons (Fsp3) is 0.238. The van der Waals surface area contributed by atoms with Crippen LogP contribution in [0.4, 0.5) is 11.4 Å². The number of carbonyl (C=O) groups excluding carboxylic acids is 1. The number of nitrogens with one attached hydrogen (secondary N) is 1. The molecule has 1 fully saturated rings. The maximum atomic E-state index is 12.5. The molecule has 0 atom stereocenters. The van der Waals surface area contributed by atoms with E-state index in [4.69, 9.17) is 4.55 Å². The molecule has 1 aliphatic heterocycles. The van der Waals surface area contributed by atoms with Crippen molar-refractivity contribution in [1.29, 1.82) is 5.26 Å². The third-order valence-corrected chi connectivity index (χ3v) is 5.60. The number of hydrogen-bond donors (Lipinski definition) is 2. The molecule has 9 heteroatoms. The first-order valence-electron chi connectivity index (χ1n) is 9.33. The Balaban J connectivity index is 1.65. The Morgan fingerprint density at radius 3 is 2.47 bits per heavy atom. The highest BCUT2D eigenvalue weighted by atomic mass is 32.2. The van der Waals surface area contributed by atoms with Crippen LogP contribution in [-0.2, 0) is 14.9 Å². The summed E-state index contributed by atoms with van der Waals surface area (Å²) in [6.45, 7) is 4.88. The lowest BCUT2D eigenvalue weighted by atomic mass is 10.2. The Hall–Kier alpha value is -3.35. The van der Waals surface area contributed by atoms with Gasteiger partial charge < -0.3 is 15.1 Å². The zero-order valence-corrected chi connectivity index (χ0v) is 17.3. The topological polar surface area (TPSA) is 114 Å². The van der Waals surface area contributed by atoms with Gasteiger partial charge in [0.05, 0.1) is 4.90 Å². The molecule has 0 spiro atoms. The number of amides is 1. The van der Waals surface area contributed by atoms with Crippen molar-refractivity contribution in [1.82, 2.24) is 4.90 Å². The van der Waals surface area contributed by atoms with Gasteiger partial charge in [0.25, 0.3) is 16.0 Å². The summed E-state index contributed by atoms with van der Waals surface area (Å²) in [5.41, 5.74) is 2.42. The molecule has 1 saturated heterocycles. The van der Waals surface area contributed by atoms with E-state index in [-0.39, 0.29) is 16.2 Å². The fourth-order valence-electron chi connectivity index (χ4n) is 3.19. The summed E-state index contributed by atoms with van der Waals surface area (Å²) in [5, 5.41) is 11.9. The summed E-state index contributed by atoms with van der Waals surface area (Å²) in [7, 11) is -4.38. The summed E-state index contributed by atoms with van der Waals surface area (Å²) in [5.74, 6) is -0.647. The molecule has 0 aliphatic carbocycles. The third-order valence-electron chi connectivity index (χ3n) is 4.75. The zero-order valence-electron chi connectivity index (χ0n) is 16.4. The maximum Gasteiger partial charge on any atom is 0.294 e. The van der Waals surface area contributed by atoms with E-state index in [9.17, 15) is 18.5 Å². The van der Waals surface area contributed by atoms with Crippen molar-refractivity contribution in [2.75, 3.05) is 36.4 Å². The zero-order chi connectivity index (χ0) is 21.7. The normalized spacial score (nSPS) is 14.9. The lowest BCUT2D eigenvalue weighted by Crippen LogP contribution is -2.44. The molecule has 2 N–H and O–H groups in total. The third kappa shape index (κ3) is 5.37. The van der Waals surface area contributed by atoms with Crippen molar-refractivity contribution in [2.45, 2.75) is 11.8 Å². The number of rotatable bonds is 5. The molecule has 1 amide bonds. The molecule has 2 aromatic rings. The Morgan fingerprint density at radius 2 is 1.83 bits per heavy atom. The molecule has 0 bridgehead atoms. The minimum atomic E-state index is -4.38. The standard InChI is InChI=1S/C21H22N4O4S/c1-16-4-2-6-19(12-16)25-10-8-24(9-11-25)15-17(14-22)21(26)23-18-5-3-7-20(13-18)30(27,28)29/h2-7,12-13,15H,8-11H2,1H3,(H,23,26)(H,27,28,29)/b17-15-. The molecule has 1 aliphatic rings. The van der Waals surface area contributed by atoms with Crippen molar-refractivity contribution >= 4 is 27.4 Å². The lowest BCUT2D eigenvalue weighted by molar-refractivity contribution is -0.112. The van der Waals surface area contributed by atoms with Gasteiger partial charge in [0.1, 0.15) is 11.6 Å². The highest BCUT2D eigenvalue weighted by Crippen LogP contribution is 2.19. The molecular weight excluding hydrogens is 404 g/mol. The number of hydrogen-bond acceptors (Lipinski definition) is 6. The number of carbonyl (C=O) groups is 1. The predicted octanol–water partition coefficient (Wildman–Crippen LogP) is 2.41. The SMILES string of the molecule is Cc1cccc(N2CCN(/C=C(/C#N)C(=O)Nc3cccc(S(=O)(=O)O)c3)CC2)c1. The molecule has 30 heavy (non-hydrogen) atoms. The van der Waals surface area contributed by atoms with Crippen LogP contribution < -0.4 is 10.2 Å². The molecule has 0 saturated carbocycles. The minimum absolute atomic E-state index is 0.0868. The van der Waals surface area contributed by atoms with E-state index < -0.39 is 16.0 Å². The summed E-state index contributed by atoms with van der Waals surface area (Å²) < 4.78 is 31.6. The van der Waals surface area contributed by atoms with E-state index in [2.05, 4.69) is 22.3 Å². The average molecular weight is 426 g/mol. The van der Waals surface area contributed by atoms with Gasteiger partial charge in [0.15, 0.2) is 0 Å². The van der Waals surface area contributed by atoms with Crippen molar-refractivity contribution in [2.24, 2.45) is 0 Å². The summed E-state index contributed by atoms with van der Waals surface area (Å²) >= 11 is 0. The lowest BCUT2D eigenvalue weighted by Gasteiger charge is -2.35. The van der Waals surface area contributed by atoms with Crippen LogP contribution >= 0.6 is 0 Å². The second kappa shape index (κ2) is 8.98. The predicted molar refractivity (Wildman–Crippen MR) is 114 cm³/mol. The average Bonchev–Trinajstić information content (AvgIpc) is 2.72. The number of benzene rings is 2. The molecule has 3 rings (SSSR count). The van der Waals surface area contributed by atoms with Crippen LogP contribution in [0, 0.1) is 18.3 Å². The van der Waals surface area contributed by atoms with Crippen LogP contribution in [0.15, 0.2) is 65.2 Å². The number of anilines is 2. The summed E-state index contributed by atoms with van der Waals surface area (Å²) in [4.78, 5) is 16.3. The van der Waals surface area contributed by atoms with Crippen molar-refractivity contribution in [3.8, 4) is 6.07 Å². The van der Waals surface area contributed by atoms with E-state index in [0.717, 1.165) is 24.8 Å². The summed E-state index contributed by atoms with van der Waals surface area (Å²) in [6, 6.07) is 15.3. The number of nitriles is 1. The van der Waals surface area contributed by atoms with E-state index in [0.29, 0.717) is 13.1 Å². The monoisotopic (exact) mass is 426 g/mol. The second-order valence-electron chi connectivity index (χ2n) is 6.97. The molecule has 0 aromatic heterocycles. The van der Waals surface area contributed by atoms with E-state index in [1.54, 1.807) is 0 Å². The Bertz CT molecular complexity index is 1110. The van der Waals surface area contributed by atoms with Crippen LogP contribution in [0.2, 0.25) is 0 Å². The van der Waals surface area contributed by atoms with Crippen molar-refractivity contribution in [3.63, 3.8) is 0 Å². The van der Waals surface area contributed by atoms with Gasteiger partial charge in [0, 0.05) is 43.8 Å². The van der Waals surface area contributed by atoms with Crippen LogP contribution in [0.5, 0.6) is 0 Å². The van der Waals surface area contributed by atoms with E-state index in [1.807, 2.05) is 30.0 Å². The van der Waals surface area contributed by atoms with Crippen LogP contribution in [-0.4, -0.2) is 50.0 Å².